The highest BCUT2D eigenvalue weighted by Crippen LogP contribution is 2.37. The molecule has 0 spiro atoms. The van der Waals surface area contributed by atoms with Crippen LogP contribution in [0, 0.1) is 5.92 Å². The fourth-order valence-electron chi connectivity index (χ4n) is 4.99. The lowest BCUT2D eigenvalue weighted by Crippen LogP contribution is -2.04. The molecule has 0 saturated heterocycles. The molecular formula is C28H29N. The summed E-state index contributed by atoms with van der Waals surface area (Å²) in [5, 5.41) is 8.03. The maximum atomic E-state index is 3.84. The molecule has 1 aromatic heterocycles. The van der Waals surface area contributed by atoms with E-state index in [0.29, 0.717) is 0 Å². The first kappa shape index (κ1) is 18.2. The van der Waals surface area contributed by atoms with Crippen molar-refractivity contribution in [2.24, 2.45) is 5.92 Å². The number of hydrogen-bond donors (Lipinski definition) is 1. The van der Waals surface area contributed by atoms with Crippen LogP contribution in [0.2, 0.25) is 0 Å². The van der Waals surface area contributed by atoms with E-state index in [1.165, 1.54) is 81.0 Å². The van der Waals surface area contributed by atoms with E-state index in [9.17, 15) is 0 Å². The zero-order valence-electron chi connectivity index (χ0n) is 17.5. The molecule has 1 nitrogen and oxygen atoms in total. The predicted octanol–water partition coefficient (Wildman–Crippen LogP) is 8.39. The largest absolute Gasteiger partial charge is 0.353 e. The quantitative estimate of drug-likeness (QED) is 0.305. The van der Waals surface area contributed by atoms with Gasteiger partial charge < -0.3 is 4.98 Å². The summed E-state index contributed by atoms with van der Waals surface area (Å²) >= 11 is 0. The van der Waals surface area contributed by atoms with Crippen molar-refractivity contribution in [1.29, 1.82) is 0 Å². The summed E-state index contributed by atoms with van der Waals surface area (Å²) in [7, 11) is 0. The molecule has 0 aliphatic heterocycles. The first-order valence-electron chi connectivity index (χ1n) is 11.1. The van der Waals surface area contributed by atoms with E-state index in [-0.39, 0.29) is 0 Å². The summed E-state index contributed by atoms with van der Waals surface area (Å²) in [6.45, 7) is 4.64. The molecule has 1 N–H and O–H groups in total. The maximum absolute atomic E-state index is 3.84. The van der Waals surface area contributed by atoms with E-state index >= 15 is 0 Å². The Balaban J connectivity index is 1.75. The van der Waals surface area contributed by atoms with Gasteiger partial charge in [-0.1, -0.05) is 106 Å². The Kier molecular flexibility index (Phi) is 4.75. The van der Waals surface area contributed by atoms with Gasteiger partial charge in [-0.05, 0) is 28.7 Å². The van der Waals surface area contributed by atoms with Crippen LogP contribution in [0.15, 0.2) is 66.7 Å². The van der Waals surface area contributed by atoms with Crippen molar-refractivity contribution < 1.29 is 0 Å². The average Bonchev–Trinajstić information content (AvgIpc) is 3.16. The highest BCUT2D eigenvalue weighted by atomic mass is 14.7. The van der Waals surface area contributed by atoms with E-state index in [0.717, 1.165) is 5.92 Å². The van der Waals surface area contributed by atoms with E-state index in [4.69, 9.17) is 0 Å². The molecule has 1 unspecified atom stereocenters. The van der Waals surface area contributed by atoms with Crippen LogP contribution in [0.1, 0.15) is 45.1 Å². The van der Waals surface area contributed by atoms with E-state index in [2.05, 4.69) is 85.6 Å². The van der Waals surface area contributed by atoms with Crippen LogP contribution in [0.5, 0.6) is 0 Å². The molecule has 1 heterocycles. The maximum Gasteiger partial charge on any atom is 0.0547 e. The van der Waals surface area contributed by atoms with E-state index in [1.807, 2.05) is 0 Å². The van der Waals surface area contributed by atoms with Gasteiger partial charge >= 0.3 is 0 Å². The van der Waals surface area contributed by atoms with Crippen LogP contribution in [-0.2, 0) is 6.42 Å². The van der Waals surface area contributed by atoms with Crippen LogP contribution in [0.25, 0.3) is 43.4 Å². The third-order valence-electron chi connectivity index (χ3n) is 6.65. The average molecular weight is 380 g/mol. The summed E-state index contributed by atoms with van der Waals surface area (Å²) < 4.78 is 0. The minimum atomic E-state index is 0.765. The summed E-state index contributed by atoms with van der Waals surface area (Å²) in [5.41, 5.74) is 4.06. The van der Waals surface area contributed by atoms with Gasteiger partial charge in [0, 0.05) is 21.5 Å². The molecule has 0 aliphatic carbocycles. The summed E-state index contributed by atoms with van der Waals surface area (Å²) in [5.74, 6) is 0.765. The van der Waals surface area contributed by atoms with Gasteiger partial charge in [0.15, 0.2) is 0 Å². The van der Waals surface area contributed by atoms with Crippen molar-refractivity contribution in [2.45, 2.75) is 46.0 Å². The molecule has 1 heteroatoms. The first-order valence-corrected chi connectivity index (χ1v) is 11.1. The van der Waals surface area contributed by atoms with Crippen LogP contribution >= 0.6 is 0 Å². The molecule has 146 valence electrons. The number of fused-ring (bicyclic) bond motifs is 7. The van der Waals surface area contributed by atoms with Crippen LogP contribution in [-0.4, -0.2) is 4.98 Å². The third kappa shape index (κ3) is 3.09. The lowest BCUT2D eigenvalue weighted by atomic mass is 9.89. The SMILES string of the molecule is CCCCC(CC)Cc1cccc2ccc3c4ccc5ccccc5c4[nH]c3c12. The molecule has 0 bridgehead atoms. The second-order valence-electron chi connectivity index (χ2n) is 8.46. The molecule has 5 aromatic rings. The number of nitrogens with one attached hydrogen (secondary N) is 1. The second kappa shape index (κ2) is 7.55. The van der Waals surface area contributed by atoms with Gasteiger partial charge in [-0.2, -0.15) is 0 Å². The van der Waals surface area contributed by atoms with Gasteiger partial charge in [-0.25, -0.2) is 0 Å². The van der Waals surface area contributed by atoms with Crippen LogP contribution in [0.4, 0.5) is 0 Å². The molecule has 5 rings (SSSR count). The molecule has 0 fully saturated rings. The summed E-state index contributed by atoms with van der Waals surface area (Å²) in [6.07, 6.45) is 6.37. The lowest BCUT2D eigenvalue weighted by Gasteiger charge is -2.16. The Labute approximate surface area is 172 Å². The zero-order chi connectivity index (χ0) is 19.8. The van der Waals surface area contributed by atoms with Crippen molar-refractivity contribution in [2.75, 3.05) is 0 Å². The van der Waals surface area contributed by atoms with Gasteiger partial charge in [0.1, 0.15) is 0 Å². The van der Waals surface area contributed by atoms with Crippen LogP contribution < -0.4 is 0 Å². The predicted molar refractivity (Wildman–Crippen MR) is 128 cm³/mol. The van der Waals surface area contributed by atoms with Crippen molar-refractivity contribution >= 4 is 43.4 Å². The number of unbranched alkanes of at least 4 members (excludes halogenated alkanes) is 1. The molecular weight excluding hydrogens is 350 g/mol. The van der Waals surface area contributed by atoms with Crippen molar-refractivity contribution in [3.05, 3.63) is 72.3 Å². The first-order chi connectivity index (χ1) is 14.3. The van der Waals surface area contributed by atoms with Gasteiger partial charge in [-0.3, -0.25) is 0 Å². The Morgan fingerprint density at radius 1 is 0.724 bits per heavy atom. The highest BCUT2D eigenvalue weighted by Gasteiger charge is 2.15. The van der Waals surface area contributed by atoms with E-state index < -0.39 is 0 Å². The van der Waals surface area contributed by atoms with Gasteiger partial charge in [0.2, 0.25) is 0 Å². The normalized spacial score (nSPS) is 13.0. The Morgan fingerprint density at radius 3 is 2.31 bits per heavy atom. The topological polar surface area (TPSA) is 15.8 Å². The zero-order valence-corrected chi connectivity index (χ0v) is 17.5. The second-order valence-corrected chi connectivity index (χ2v) is 8.46. The molecule has 0 amide bonds. The Bertz CT molecular complexity index is 1310. The van der Waals surface area contributed by atoms with Crippen molar-refractivity contribution in [3.63, 3.8) is 0 Å². The Hall–Kier alpha value is -2.80. The third-order valence-corrected chi connectivity index (χ3v) is 6.65. The number of rotatable bonds is 6. The molecule has 29 heavy (non-hydrogen) atoms. The summed E-state index contributed by atoms with van der Waals surface area (Å²) in [4.78, 5) is 3.84. The molecule has 0 aliphatic rings. The van der Waals surface area contributed by atoms with Gasteiger partial charge in [-0.15, -0.1) is 0 Å². The highest BCUT2D eigenvalue weighted by molar-refractivity contribution is 6.22. The summed E-state index contributed by atoms with van der Waals surface area (Å²) in [6, 6.07) is 24.6. The molecule has 0 saturated carbocycles. The Morgan fingerprint density at radius 2 is 1.48 bits per heavy atom. The van der Waals surface area contributed by atoms with Crippen molar-refractivity contribution in [1.82, 2.24) is 4.98 Å². The fraction of sp³-hybridized carbons (Fsp3) is 0.286. The van der Waals surface area contributed by atoms with E-state index in [1.54, 1.807) is 0 Å². The number of H-pyrrole nitrogens is 1. The fourth-order valence-corrected chi connectivity index (χ4v) is 4.99. The number of hydrogen-bond acceptors (Lipinski definition) is 0. The van der Waals surface area contributed by atoms with Gasteiger partial charge in [0.05, 0.1) is 11.0 Å². The smallest absolute Gasteiger partial charge is 0.0547 e. The standard InChI is InChI=1S/C28H29N/c1-3-5-9-19(4-2)18-22-12-8-11-21-15-17-25-24-16-14-20-10-6-7-13-23(20)27(24)29-28(25)26(21)22/h6-8,10-17,19,29H,3-5,9,18H2,1-2H3. The lowest BCUT2D eigenvalue weighted by molar-refractivity contribution is 0.450. The van der Waals surface area contributed by atoms with Crippen LogP contribution in [0.3, 0.4) is 0 Å². The molecule has 1 atom stereocenters. The number of aromatic nitrogens is 1. The van der Waals surface area contributed by atoms with Gasteiger partial charge in [0.25, 0.3) is 0 Å². The number of benzene rings is 4. The van der Waals surface area contributed by atoms with Crippen molar-refractivity contribution in [3.8, 4) is 0 Å². The monoisotopic (exact) mass is 379 g/mol. The number of aromatic amines is 1. The molecule has 4 aromatic carbocycles. The molecule has 0 radical (unpaired) electrons. The minimum absolute atomic E-state index is 0.765. The minimum Gasteiger partial charge on any atom is -0.353 e.